The van der Waals surface area contributed by atoms with Crippen LogP contribution in [0.25, 0.3) is 0 Å². The van der Waals surface area contributed by atoms with Gasteiger partial charge in [0.05, 0.1) is 5.69 Å². The fourth-order valence-corrected chi connectivity index (χ4v) is 1.85. The Morgan fingerprint density at radius 2 is 1.91 bits per heavy atom. The molecule has 0 saturated heterocycles. The minimum absolute atomic E-state index is 0.655. The van der Waals surface area contributed by atoms with E-state index in [9.17, 15) is 0 Å². The summed E-state index contributed by atoms with van der Waals surface area (Å²) < 4.78 is 2.33. The zero-order valence-electron chi connectivity index (χ0n) is 7.55. The maximum absolute atomic E-state index is 4.49. The lowest BCUT2D eigenvalue weighted by Gasteiger charge is -2.34. The molecule has 0 aliphatic carbocycles. The third-order valence-corrected chi connectivity index (χ3v) is 2.95. The molecule has 1 aliphatic rings. The number of hydrogen-bond donors (Lipinski definition) is 0. The van der Waals surface area contributed by atoms with E-state index in [1.54, 1.807) is 0 Å². The monoisotopic (exact) mass is 150 g/mol. The number of aryl methyl sites for hydroxylation is 1. The van der Waals surface area contributed by atoms with Crippen LogP contribution in [0.4, 0.5) is 0 Å². The summed E-state index contributed by atoms with van der Waals surface area (Å²) in [7, 11) is 0. The van der Waals surface area contributed by atoms with E-state index in [-0.39, 0.29) is 0 Å². The molecular formula is C9H14N2. The fraction of sp³-hybridized carbons (Fsp3) is 0.667. The zero-order valence-corrected chi connectivity index (χ0v) is 7.55. The molecule has 2 heteroatoms. The Kier molecular flexibility index (Phi) is 1.17. The van der Waals surface area contributed by atoms with Gasteiger partial charge in [-0.05, 0) is 20.8 Å². The summed E-state index contributed by atoms with van der Waals surface area (Å²) in [5.41, 5.74) is 2.53. The highest BCUT2D eigenvalue weighted by Gasteiger charge is 2.33. The first kappa shape index (κ1) is 6.89. The predicted octanol–water partition coefficient (Wildman–Crippen LogP) is 2.18. The smallest absolute Gasteiger partial charge is 0.114 e. The third kappa shape index (κ3) is 0.647. The summed E-state index contributed by atoms with van der Waals surface area (Å²) in [5, 5.41) is 0. The van der Waals surface area contributed by atoms with Gasteiger partial charge in [-0.2, -0.15) is 0 Å². The van der Waals surface area contributed by atoms with Gasteiger partial charge >= 0.3 is 0 Å². The molecule has 2 rings (SSSR count). The van der Waals surface area contributed by atoms with Crippen LogP contribution in [0, 0.1) is 13.8 Å². The molecule has 0 N–H and O–H groups in total. The highest BCUT2D eigenvalue weighted by molar-refractivity contribution is 5.24. The number of nitrogens with zero attached hydrogens (tertiary/aromatic N) is 2. The second-order valence-corrected chi connectivity index (χ2v) is 3.54. The molecule has 2 atom stereocenters. The number of imidazole rings is 1. The first-order valence-corrected chi connectivity index (χ1v) is 4.18. The lowest BCUT2D eigenvalue weighted by Crippen LogP contribution is -2.28. The Hall–Kier alpha value is -0.790. The van der Waals surface area contributed by atoms with Crippen LogP contribution in [0.5, 0.6) is 0 Å². The van der Waals surface area contributed by atoms with Crippen LogP contribution in [-0.2, 0) is 0 Å². The van der Waals surface area contributed by atoms with Gasteiger partial charge in [0.2, 0.25) is 0 Å². The molecular weight excluding hydrogens is 136 g/mol. The molecule has 1 aliphatic heterocycles. The highest BCUT2D eigenvalue weighted by Crippen LogP contribution is 2.40. The van der Waals surface area contributed by atoms with E-state index >= 15 is 0 Å². The van der Waals surface area contributed by atoms with Crippen LogP contribution in [0.1, 0.15) is 43.0 Å². The number of fused-ring (bicyclic) bond motifs is 1. The molecule has 60 valence electrons. The van der Waals surface area contributed by atoms with Crippen molar-refractivity contribution in [2.24, 2.45) is 0 Å². The molecule has 11 heavy (non-hydrogen) atoms. The second-order valence-electron chi connectivity index (χ2n) is 3.54. The van der Waals surface area contributed by atoms with Gasteiger partial charge in [-0.1, -0.05) is 6.92 Å². The lowest BCUT2D eigenvalue weighted by atomic mass is 9.95. The molecule has 1 aromatic heterocycles. The van der Waals surface area contributed by atoms with Crippen molar-refractivity contribution < 1.29 is 0 Å². The minimum atomic E-state index is 0.655. The average molecular weight is 150 g/mol. The molecule has 0 fully saturated rings. The third-order valence-electron chi connectivity index (χ3n) is 2.95. The van der Waals surface area contributed by atoms with Crippen LogP contribution in [0.2, 0.25) is 0 Å². The molecule has 2 unspecified atom stereocenters. The zero-order chi connectivity index (χ0) is 8.17. The van der Waals surface area contributed by atoms with Crippen molar-refractivity contribution in [3.05, 3.63) is 17.2 Å². The van der Waals surface area contributed by atoms with Crippen LogP contribution in [0.15, 0.2) is 0 Å². The van der Waals surface area contributed by atoms with E-state index in [0.29, 0.717) is 12.0 Å². The van der Waals surface area contributed by atoms with Gasteiger partial charge in [0.1, 0.15) is 5.82 Å². The van der Waals surface area contributed by atoms with Gasteiger partial charge in [0.15, 0.2) is 0 Å². The van der Waals surface area contributed by atoms with Crippen LogP contribution in [-0.4, -0.2) is 9.55 Å². The predicted molar refractivity (Wildman–Crippen MR) is 44.8 cm³/mol. The van der Waals surface area contributed by atoms with Gasteiger partial charge in [0, 0.05) is 17.7 Å². The number of hydrogen-bond acceptors (Lipinski definition) is 1. The normalized spacial score (nSPS) is 28.0. The first-order valence-electron chi connectivity index (χ1n) is 4.18. The molecule has 0 saturated carbocycles. The van der Waals surface area contributed by atoms with Gasteiger partial charge in [-0.3, -0.25) is 0 Å². The maximum atomic E-state index is 4.49. The minimum Gasteiger partial charge on any atom is -0.328 e. The maximum Gasteiger partial charge on any atom is 0.114 e. The van der Waals surface area contributed by atoms with E-state index in [1.165, 1.54) is 17.2 Å². The Balaban J connectivity index is 2.58. The standard InChI is InChI=1S/C9H14N2/c1-5-7(3)11-8(4)6(2)10-9(5)11/h5,7H,1-4H3. The first-order chi connectivity index (χ1) is 5.13. The van der Waals surface area contributed by atoms with Crippen molar-refractivity contribution in [3.8, 4) is 0 Å². The molecule has 0 spiro atoms. The van der Waals surface area contributed by atoms with Crippen molar-refractivity contribution in [1.82, 2.24) is 9.55 Å². The summed E-state index contributed by atoms with van der Waals surface area (Å²) in [6.45, 7) is 8.73. The Labute approximate surface area is 67.3 Å². The number of aromatic nitrogens is 2. The quantitative estimate of drug-likeness (QED) is 0.554. The van der Waals surface area contributed by atoms with E-state index in [2.05, 4.69) is 37.2 Å². The molecule has 0 bridgehead atoms. The van der Waals surface area contributed by atoms with Gasteiger partial charge in [-0.25, -0.2) is 4.98 Å². The molecule has 2 nitrogen and oxygen atoms in total. The molecule has 2 heterocycles. The summed E-state index contributed by atoms with van der Waals surface area (Å²) in [4.78, 5) is 4.49. The Bertz CT molecular complexity index is 299. The van der Waals surface area contributed by atoms with Gasteiger partial charge in [0.25, 0.3) is 0 Å². The second kappa shape index (κ2) is 1.87. The van der Waals surface area contributed by atoms with Crippen molar-refractivity contribution in [2.45, 2.75) is 39.7 Å². The Morgan fingerprint density at radius 1 is 1.27 bits per heavy atom. The summed E-state index contributed by atoms with van der Waals surface area (Å²) in [5.74, 6) is 1.93. The van der Waals surface area contributed by atoms with Crippen molar-refractivity contribution in [1.29, 1.82) is 0 Å². The molecule has 1 aromatic rings. The summed E-state index contributed by atoms with van der Waals surface area (Å²) in [6.07, 6.45) is 0. The molecule has 0 amide bonds. The molecule has 0 aromatic carbocycles. The fourth-order valence-electron chi connectivity index (χ4n) is 1.85. The van der Waals surface area contributed by atoms with Crippen LogP contribution in [0.3, 0.4) is 0 Å². The topological polar surface area (TPSA) is 17.8 Å². The average Bonchev–Trinajstić information content (AvgIpc) is 2.26. The lowest BCUT2D eigenvalue weighted by molar-refractivity contribution is 0.335. The van der Waals surface area contributed by atoms with Crippen molar-refractivity contribution in [3.63, 3.8) is 0 Å². The van der Waals surface area contributed by atoms with Crippen molar-refractivity contribution >= 4 is 0 Å². The highest BCUT2D eigenvalue weighted by atomic mass is 15.2. The number of rotatable bonds is 0. The van der Waals surface area contributed by atoms with Crippen LogP contribution >= 0.6 is 0 Å². The van der Waals surface area contributed by atoms with Crippen molar-refractivity contribution in [2.75, 3.05) is 0 Å². The van der Waals surface area contributed by atoms with E-state index in [4.69, 9.17) is 0 Å². The Morgan fingerprint density at radius 3 is 2.45 bits per heavy atom. The van der Waals surface area contributed by atoms with E-state index in [0.717, 1.165) is 0 Å². The van der Waals surface area contributed by atoms with Gasteiger partial charge < -0.3 is 4.57 Å². The molecule has 0 radical (unpaired) electrons. The van der Waals surface area contributed by atoms with Gasteiger partial charge in [-0.15, -0.1) is 0 Å². The summed E-state index contributed by atoms with van der Waals surface area (Å²) >= 11 is 0. The SMILES string of the molecule is Cc1nc2n(c1C)C(C)C2C. The van der Waals surface area contributed by atoms with E-state index < -0.39 is 0 Å². The largest absolute Gasteiger partial charge is 0.328 e. The van der Waals surface area contributed by atoms with Crippen LogP contribution < -0.4 is 0 Å². The van der Waals surface area contributed by atoms with E-state index in [1.807, 2.05) is 0 Å². The summed E-state index contributed by atoms with van der Waals surface area (Å²) in [6, 6.07) is 0.659.